The molecule has 29 heavy (non-hydrogen) atoms. The van der Waals surface area contributed by atoms with Crippen molar-refractivity contribution in [2.24, 2.45) is 5.10 Å². The monoisotopic (exact) mass is 389 g/mol. The van der Waals surface area contributed by atoms with Gasteiger partial charge >= 0.3 is 0 Å². The van der Waals surface area contributed by atoms with Gasteiger partial charge in [-0.1, -0.05) is 18.2 Å². The smallest absolute Gasteiger partial charge is 0.271 e. The van der Waals surface area contributed by atoms with Gasteiger partial charge in [0.15, 0.2) is 0 Å². The van der Waals surface area contributed by atoms with Crippen molar-refractivity contribution in [1.82, 2.24) is 10.4 Å². The van der Waals surface area contributed by atoms with Gasteiger partial charge in [0.2, 0.25) is 0 Å². The van der Waals surface area contributed by atoms with Crippen molar-refractivity contribution in [3.63, 3.8) is 0 Å². The summed E-state index contributed by atoms with van der Waals surface area (Å²) < 4.78 is 11.2. The predicted molar refractivity (Wildman–Crippen MR) is 112 cm³/mol. The van der Waals surface area contributed by atoms with Gasteiger partial charge in [0.05, 0.1) is 18.0 Å². The first kappa shape index (κ1) is 20.1. The molecule has 1 aromatic heterocycles. The molecule has 3 aromatic rings. The molecule has 0 bridgehead atoms. The Morgan fingerprint density at radius 2 is 1.66 bits per heavy atom. The third-order valence-corrected chi connectivity index (χ3v) is 4.12. The molecular formula is C23H23N3O3. The number of rotatable bonds is 8. The Morgan fingerprint density at radius 1 is 0.966 bits per heavy atom. The third-order valence-electron chi connectivity index (χ3n) is 4.12. The van der Waals surface area contributed by atoms with Crippen molar-refractivity contribution < 1.29 is 14.3 Å². The maximum Gasteiger partial charge on any atom is 0.271 e. The van der Waals surface area contributed by atoms with E-state index in [1.54, 1.807) is 25.3 Å². The fourth-order valence-corrected chi connectivity index (χ4v) is 2.55. The first-order valence-corrected chi connectivity index (χ1v) is 9.36. The van der Waals surface area contributed by atoms with Crippen LogP contribution in [-0.4, -0.2) is 23.2 Å². The first-order valence-electron chi connectivity index (χ1n) is 9.36. The predicted octanol–water partition coefficient (Wildman–Crippen LogP) is 4.21. The number of amides is 1. The van der Waals surface area contributed by atoms with Crippen LogP contribution in [0.2, 0.25) is 0 Å². The summed E-state index contributed by atoms with van der Waals surface area (Å²) in [5.41, 5.74) is 5.39. The second-order valence-electron chi connectivity index (χ2n) is 6.24. The highest BCUT2D eigenvalue weighted by atomic mass is 16.5. The minimum atomic E-state index is -0.278. The topological polar surface area (TPSA) is 72.8 Å². The van der Waals surface area contributed by atoms with Crippen LogP contribution in [0.1, 0.15) is 35.5 Å². The molecule has 1 amide bonds. The average molecular weight is 389 g/mol. The number of carbonyl (C=O) groups is 1. The van der Waals surface area contributed by atoms with Gasteiger partial charge in [0.1, 0.15) is 18.1 Å². The van der Waals surface area contributed by atoms with Gasteiger partial charge in [-0.25, -0.2) is 5.43 Å². The van der Waals surface area contributed by atoms with E-state index in [0.29, 0.717) is 24.5 Å². The van der Waals surface area contributed by atoms with Crippen molar-refractivity contribution in [1.29, 1.82) is 0 Å². The van der Waals surface area contributed by atoms with E-state index in [-0.39, 0.29) is 5.91 Å². The van der Waals surface area contributed by atoms with Crippen LogP contribution in [0.5, 0.6) is 11.5 Å². The zero-order valence-corrected chi connectivity index (χ0v) is 16.5. The van der Waals surface area contributed by atoms with E-state index < -0.39 is 0 Å². The largest absolute Gasteiger partial charge is 0.494 e. The fraction of sp³-hybridized carbons (Fsp3) is 0.174. The number of hydrazone groups is 1. The SMILES string of the molecule is CCOc1ccc(OCc2ccc(C(=O)N/N=C(/C)c3ccccn3)cc2)cc1. The summed E-state index contributed by atoms with van der Waals surface area (Å²) >= 11 is 0. The lowest BCUT2D eigenvalue weighted by atomic mass is 10.1. The number of nitrogens with one attached hydrogen (secondary N) is 1. The summed E-state index contributed by atoms with van der Waals surface area (Å²) in [5.74, 6) is 1.30. The van der Waals surface area contributed by atoms with Gasteiger partial charge in [-0.05, 0) is 67.9 Å². The molecule has 0 aliphatic carbocycles. The molecule has 148 valence electrons. The molecule has 0 aliphatic rings. The number of pyridine rings is 1. The Labute approximate surface area is 170 Å². The highest BCUT2D eigenvalue weighted by Gasteiger charge is 2.06. The lowest BCUT2D eigenvalue weighted by Crippen LogP contribution is -2.19. The van der Waals surface area contributed by atoms with Crippen LogP contribution >= 0.6 is 0 Å². The number of carbonyl (C=O) groups excluding carboxylic acids is 1. The van der Waals surface area contributed by atoms with Gasteiger partial charge in [-0.2, -0.15) is 5.10 Å². The molecular weight excluding hydrogens is 366 g/mol. The first-order chi connectivity index (χ1) is 14.2. The minimum Gasteiger partial charge on any atom is -0.494 e. The van der Waals surface area contributed by atoms with E-state index >= 15 is 0 Å². The zero-order chi connectivity index (χ0) is 20.5. The normalized spacial score (nSPS) is 11.0. The highest BCUT2D eigenvalue weighted by molar-refractivity contribution is 5.99. The number of hydrogen-bond donors (Lipinski definition) is 1. The molecule has 0 radical (unpaired) electrons. The molecule has 0 saturated carbocycles. The maximum atomic E-state index is 12.3. The summed E-state index contributed by atoms with van der Waals surface area (Å²) in [6.45, 7) is 4.79. The van der Waals surface area contributed by atoms with Crippen LogP contribution in [0.15, 0.2) is 78.0 Å². The standard InChI is InChI=1S/C23H23N3O3/c1-3-28-20-11-13-21(14-12-20)29-16-18-7-9-19(10-8-18)23(27)26-25-17(2)22-6-4-5-15-24-22/h4-15H,3,16H2,1-2H3,(H,26,27)/b25-17-. The van der Waals surface area contributed by atoms with Crippen molar-refractivity contribution in [3.05, 3.63) is 89.7 Å². The quantitative estimate of drug-likeness (QED) is 0.463. The Balaban J connectivity index is 1.53. The van der Waals surface area contributed by atoms with E-state index in [4.69, 9.17) is 9.47 Å². The van der Waals surface area contributed by atoms with Gasteiger partial charge < -0.3 is 9.47 Å². The molecule has 0 atom stereocenters. The summed E-state index contributed by atoms with van der Waals surface area (Å²) in [6, 6.07) is 20.2. The van der Waals surface area contributed by atoms with Crippen LogP contribution in [-0.2, 0) is 6.61 Å². The summed E-state index contributed by atoms with van der Waals surface area (Å²) in [7, 11) is 0. The van der Waals surface area contributed by atoms with Crippen LogP contribution in [0.4, 0.5) is 0 Å². The zero-order valence-electron chi connectivity index (χ0n) is 16.5. The van der Waals surface area contributed by atoms with E-state index in [1.807, 2.05) is 61.5 Å². The number of nitrogens with zero attached hydrogens (tertiary/aromatic N) is 2. The molecule has 1 heterocycles. The summed E-state index contributed by atoms with van der Waals surface area (Å²) in [6.07, 6.45) is 1.68. The summed E-state index contributed by atoms with van der Waals surface area (Å²) in [4.78, 5) is 16.5. The van der Waals surface area contributed by atoms with Gasteiger partial charge in [0, 0.05) is 11.8 Å². The van der Waals surface area contributed by atoms with Gasteiger partial charge in [0.25, 0.3) is 5.91 Å². The second kappa shape index (κ2) is 10.0. The van der Waals surface area contributed by atoms with Gasteiger partial charge in [-0.15, -0.1) is 0 Å². The molecule has 3 rings (SSSR count). The Hall–Kier alpha value is -3.67. The molecule has 0 unspecified atom stereocenters. The third kappa shape index (κ3) is 5.90. The second-order valence-corrected chi connectivity index (χ2v) is 6.24. The van der Waals surface area contributed by atoms with Crippen LogP contribution in [0.3, 0.4) is 0 Å². The minimum absolute atomic E-state index is 0.278. The van der Waals surface area contributed by atoms with Crippen LogP contribution in [0, 0.1) is 0 Å². The van der Waals surface area contributed by atoms with Crippen molar-refractivity contribution in [2.45, 2.75) is 20.5 Å². The van der Waals surface area contributed by atoms with Crippen molar-refractivity contribution in [3.8, 4) is 11.5 Å². The molecule has 2 aromatic carbocycles. The number of aromatic nitrogens is 1. The Bertz CT molecular complexity index is 953. The Morgan fingerprint density at radius 3 is 2.28 bits per heavy atom. The number of benzene rings is 2. The lowest BCUT2D eigenvalue weighted by molar-refractivity contribution is 0.0954. The maximum absolute atomic E-state index is 12.3. The lowest BCUT2D eigenvalue weighted by Gasteiger charge is -2.08. The van der Waals surface area contributed by atoms with Crippen LogP contribution in [0.25, 0.3) is 0 Å². The van der Waals surface area contributed by atoms with Crippen LogP contribution < -0.4 is 14.9 Å². The molecule has 6 heteroatoms. The van der Waals surface area contributed by atoms with E-state index in [0.717, 1.165) is 22.8 Å². The van der Waals surface area contributed by atoms with E-state index in [2.05, 4.69) is 15.5 Å². The Kier molecular flexibility index (Phi) is 6.95. The van der Waals surface area contributed by atoms with E-state index in [9.17, 15) is 4.79 Å². The van der Waals surface area contributed by atoms with Gasteiger partial charge in [-0.3, -0.25) is 9.78 Å². The number of hydrogen-bond acceptors (Lipinski definition) is 5. The molecule has 0 aliphatic heterocycles. The molecule has 0 spiro atoms. The molecule has 1 N–H and O–H groups in total. The van der Waals surface area contributed by atoms with E-state index in [1.165, 1.54) is 0 Å². The number of ether oxygens (including phenoxy) is 2. The summed E-state index contributed by atoms with van der Waals surface area (Å²) in [5, 5.41) is 4.11. The van der Waals surface area contributed by atoms with Crippen molar-refractivity contribution in [2.75, 3.05) is 6.61 Å². The molecule has 0 fully saturated rings. The van der Waals surface area contributed by atoms with Crippen molar-refractivity contribution >= 4 is 11.6 Å². The molecule has 6 nitrogen and oxygen atoms in total. The molecule has 0 saturated heterocycles. The highest BCUT2D eigenvalue weighted by Crippen LogP contribution is 2.18. The average Bonchev–Trinajstić information content (AvgIpc) is 2.78. The fourth-order valence-electron chi connectivity index (χ4n) is 2.55.